The average Bonchev–Trinajstić information content (AvgIpc) is 2.95. The lowest BCUT2D eigenvalue weighted by molar-refractivity contribution is -0.119. The zero-order valence-corrected chi connectivity index (χ0v) is 17.6. The smallest absolute Gasteiger partial charge is 0.264 e. The second-order valence-electron chi connectivity index (χ2n) is 7.06. The van der Waals surface area contributed by atoms with E-state index in [0.717, 1.165) is 16.7 Å². The Bertz CT molecular complexity index is 1080. The molecule has 0 saturated heterocycles. The molecule has 2 N–H and O–H groups in total. The first-order chi connectivity index (χ1) is 13.8. The molecule has 1 amide bonds. The number of hydrogen-bond acceptors (Lipinski definition) is 4. The molecule has 0 fully saturated rings. The summed E-state index contributed by atoms with van der Waals surface area (Å²) in [5.74, 6) is -0.0220. The number of amides is 1. The molecule has 7 heteroatoms. The van der Waals surface area contributed by atoms with E-state index in [4.69, 9.17) is 0 Å². The molecule has 2 aromatic rings. The fraction of sp³-hybridized carbons (Fsp3) is 0.273. The Morgan fingerprint density at radius 1 is 1.07 bits per heavy atom. The summed E-state index contributed by atoms with van der Waals surface area (Å²) in [4.78, 5) is 16.7. The summed E-state index contributed by atoms with van der Waals surface area (Å²) in [6.07, 6.45) is 0.485. The maximum atomic E-state index is 12.7. The van der Waals surface area contributed by atoms with Gasteiger partial charge in [-0.2, -0.15) is 0 Å². The number of aryl methyl sites for hydroxylation is 2. The summed E-state index contributed by atoms with van der Waals surface area (Å²) in [5.41, 5.74) is 4.39. The highest BCUT2D eigenvalue weighted by molar-refractivity contribution is 8.00. The van der Waals surface area contributed by atoms with E-state index in [-0.39, 0.29) is 23.2 Å². The SMILES string of the molecule is CCC1=C(c2ccc(C)cc2)S(=O)(=O)NC1=NCC(=O)NCc1cccc(C)c1. The summed E-state index contributed by atoms with van der Waals surface area (Å²) in [6.45, 7) is 6.08. The van der Waals surface area contributed by atoms with E-state index in [2.05, 4.69) is 15.0 Å². The summed E-state index contributed by atoms with van der Waals surface area (Å²) in [6, 6.07) is 15.2. The van der Waals surface area contributed by atoms with Crippen LogP contribution in [-0.2, 0) is 21.4 Å². The van der Waals surface area contributed by atoms with Gasteiger partial charge in [0.25, 0.3) is 10.0 Å². The zero-order valence-electron chi connectivity index (χ0n) is 16.8. The first kappa shape index (κ1) is 20.8. The molecule has 0 aromatic heterocycles. The van der Waals surface area contributed by atoms with Crippen LogP contribution in [0.15, 0.2) is 59.1 Å². The van der Waals surface area contributed by atoms with Gasteiger partial charge in [-0.15, -0.1) is 0 Å². The molecule has 1 aliphatic heterocycles. The lowest BCUT2D eigenvalue weighted by Crippen LogP contribution is -2.28. The van der Waals surface area contributed by atoms with Gasteiger partial charge in [0.2, 0.25) is 5.91 Å². The third-order valence-corrected chi connectivity index (χ3v) is 6.16. The maximum absolute atomic E-state index is 12.7. The number of carbonyl (C=O) groups excluding carboxylic acids is 1. The van der Waals surface area contributed by atoms with Crippen molar-refractivity contribution in [2.24, 2.45) is 4.99 Å². The molecule has 0 atom stereocenters. The highest BCUT2D eigenvalue weighted by Crippen LogP contribution is 2.31. The zero-order chi connectivity index (χ0) is 21.0. The number of nitrogens with one attached hydrogen (secondary N) is 2. The molecule has 0 unspecified atom stereocenters. The van der Waals surface area contributed by atoms with Gasteiger partial charge in [-0.05, 0) is 31.4 Å². The highest BCUT2D eigenvalue weighted by atomic mass is 32.2. The van der Waals surface area contributed by atoms with Crippen molar-refractivity contribution in [2.75, 3.05) is 6.54 Å². The van der Waals surface area contributed by atoms with Crippen molar-refractivity contribution in [1.29, 1.82) is 0 Å². The number of nitrogens with zero attached hydrogens (tertiary/aromatic N) is 1. The average molecular weight is 412 g/mol. The number of carbonyl (C=O) groups is 1. The minimum atomic E-state index is -3.70. The van der Waals surface area contributed by atoms with Crippen LogP contribution in [0.4, 0.5) is 0 Å². The minimum absolute atomic E-state index is 0.144. The molecule has 3 rings (SSSR count). The van der Waals surface area contributed by atoms with Crippen molar-refractivity contribution < 1.29 is 13.2 Å². The maximum Gasteiger partial charge on any atom is 0.264 e. The topological polar surface area (TPSA) is 87.6 Å². The van der Waals surface area contributed by atoms with E-state index < -0.39 is 10.0 Å². The van der Waals surface area contributed by atoms with Crippen molar-refractivity contribution in [3.05, 3.63) is 76.4 Å². The van der Waals surface area contributed by atoms with Crippen molar-refractivity contribution >= 4 is 26.7 Å². The van der Waals surface area contributed by atoms with Crippen LogP contribution < -0.4 is 10.0 Å². The van der Waals surface area contributed by atoms with Gasteiger partial charge in [0.05, 0.1) is 0 Å². The Morgan fingerprint density at radius 2 is 1.79 bits per heavy atom. The lowest BCUT2D eigenvalue weighted by atomic mass is 10.1. The first-order valence-corrected chi connectivity index (χ1v) is 11.0. The van der Waals surface area contributed by atoms with Gasteiger partial charge in [-0.25, -0.2) is 8.42 Å². The van der Waals surface area contributed by atoms with Crippen molar-refractivity contribution in [3.8, 4) is 0 Å². The fourth-order valence-corrected chi connectivity index (χ4v) is 4.79. The second-order valence-corrected chi connectivity index (χ2v) is 8.68. The van der Waals surface area contributed by atoms with Crippen molar-refractivity contribution in [3.63, 3.8) is 0 Å². The van der Waals surface area contributed by atoms with Crippen LogP contribution in [0.25, 0.3) is 4.91 Å². The van der Waals surface area contributed by atoms with E-state index in [1.165, 1.54) is 0 Å². The van der Waals surface area contributed by atoms with Gasteiger partial charge < -0.3 is 5.32 Å². The third-order valence-electron chi connectivity index (χ3n) is 4.68. The van der Waals surface area contributed by atoms with Crippen LogP contribution in [-0.4, -0.2) is 26.7 Å². The van der Waals surface area contributed by atoms with E-state index in [1.54, 1.807) is 12.1 Å². The number of rotatable bonds is 6. The predicted octanol–water partition coefficient (Wildman–Crippen LogP) is 3.07. The molecule has 6 nitrogen and oxygen atoms in total. The number of amidine groups is 1. The third kappa shape index (κ3) is 4.92. The van der Waals surface area contributed by atoms with Gasteiger partial charge in [-0.1, -0.05) is 66.6 Å². The Labute approximate surface area is 171 Å². The van der Waals surface area contributed by atoms with E-state index in [9.17, 15) is 13.2 Å². The minimum Gasteiger partial charge on any atom is -0.350 e. The van der Waals surface area contributed by atoms with Crippen LogP contribution in [0.2, 0.25) is 0 Å². The van der Waals surface area contributed by atoms with Gasteiger partial charge in [0.15, 0.2) is 0 Å². The van der Waals surface area contributed by atoms with E-state index >= 15 is 0 Å². The molecule has 0 aliphatic carbocycles. The number of aliphatic imine (C=N–C) groups is 1. The van der Waals surface area contributed by atoms with Gasteiger partial charge in [-0.3, -0.25) is 14.5 Å². The lowest BCUT2D eigenvalue weighted by Gasteiger charge is -2.06. The normalized spacial score (nSPS) is 16.7. The summed E-state index contributed by atoms with van der Waals surface area (Å²) in [7, 11) is -3.70. The van der Waals surface area contributed by atoms with E-state index in [0.29, 0.717) is 24.1 Å². The predicted molar refractivity (Wildman–Crippen MR) is 116 cm³/mol. The summed E-state index contributed by atoms with van der Waals surface area (Å²) >= 11 is 0. The molecule has 0 radical (unpaired) electrons. The largest absolute Gasteiger partial charge is 0.350 e. The van der Waals surface area contributed by atoms with E-state index in [1.807, 2.05) is 57.2 Å². The monoisotopic (exact) mass is 411 g/mol. The molecule has 2 aromatic carbocycles. The van der Waals surface area contributed by atoms with Gasteiger partial charge in [0.1, 0.15) is 17.3 Å². The molecule has 0 saturated carbocycles. The molecule has 152 valence electrons. The molecule has 1 heterocycles. The Balaban J connectivity index is 1.76. The van der Waals surface area contributed by atoms with Crippen molar-refractivity contribution in [1.82, 2.24) is 10.0 Å². The van der Waals surface area contributed by atoms with Crippen molar-refractivity contribution in [2.45, 2.75) is 33.7 Å². The quantitative estimate of drug-likeness (QED) is 0.766. The molecule has 1 aliphatic rings. The van der Waals surface area contributed by atoms with Gasteiger partial charge in [0, 0.05) is 12.1 Å². The second kappa shape index (κ2) is 8.61. The van der Waals surface area contributed by atoms with Crippen LogP contribution >= 0.6 is 0 Å². The molecule has 0 bridgehead atoms. The van der Waals surface area contributed by atoms with Crippen LogP contribution in [0.3, 0.4) is 0 Å². The molecular weight excluding hydrogens is 386 g/mol. The number of sulfonamides is 1. The molecule has 29 heavy (non-hydrogen) atoms. The molecule has 0 spiro atoms. The fourth-order valence-electron chi connectivity index (χ4n) is 3.23. The summed E-state index contributed by atoms with van der Waals surface area (Å²) in [5, 5.41) is 2.81. The Morgan fingerprint density at radius 3 is 2.45 bits per heavy atom. The molecular formula is C22H25N3O3S. The van der Waals surface area contributed by atoms with Crippen LogP contribution in [0.5, 0.6) is 0 Å². The number of benzene rings is 2. The van der Waals surface area contributed by atoms with Crippen LogP contribution in [0, 0.1) is 13.8 Å². The standard InChI is InChI=1S/C22H25N3O3S/c1-4-19-21(18-10-8-15(2)9-11-18)29(27,28)25-22(19)24-14-20(26)23-13-17-7-5-6-16(3)12-17/h5-12H,4,13-14H2,1-3H3,(H,23,26)(H,24,25). The highest BCUT2D eigenvalue weighted by Gasteiger charge is 2.33. The Hall–Kier alpha value is -2.93. The van der Waals surface area contributed by atoms with Crippen LogP contribution in [0.1, 0.15) is 35.6 Å². The van der Waals surface area contributed by atoms with Gasteiger partial charge >= 0.3 is 0 Å². The first-order valence-electron chi connectivity index (χ1n) is 9.50. The summed E-state index contributed by atoms with van der Waals surface area (Å²) < 4.78 is 27.8. The Kier molecular flexibility index (Phi) is 6.17. The number of hydrogen-bond donors (Lipinski definition) is 2.